The van der Waals surface area contributed by atoms with E-state index in [9.17, 15) is 4.21 Å². The average molecular weight is 219 g/mol. The molecule has 2 N–H and O–H groups in total. The van der Waals surface area contributed by atoms with E-state index in [2.05, 4.69) is 11.3 Å². The highest BCUT2D eigenvalue weighted by molar-refractivity contribution is 7.81. The molecule has 0 amide bonds. The molecule has 1 unspecified atom stereocenters. The summed E-state index contributed by atoms with van der Waals surface area (Å²) >= 11 is -1.58. The molecule has 0 aliphatic heterocycles. The second-order valence-electron chi connectivity index (χ2n) is 3.49. The molecule has 0 bridgehead atoms. The molecule has 5 heteroatoms. The highest BCUT2D eigenvalue weighted by atomic mass is 32.2. The standard InChI is InChI=1S/C9H21N3OS/c1-4-5-6-7-8-9(12(2)3)11-14(10)13/h4-8,10H2,1-3H3/b11-9-. The Balaban J connectivity index is 3.93. The Morgan fingerprint density at radius 2 is 2.00 bits per heavy atom. The first-order chi connectivity index (χ1) is 6.57. The molecule has 0 fully saturated rings. The van der Waals surface area contributed by atoms with E-state index in [1.54, 1.807) is 0 Å². The Morgan fingerprint density at radius 1 is 1.36 bits per heavy atom. The Labute approximate surface area is 89.3 Å². The van der Waals surface area contributed by atoms with Crippen molar-refractivity contribution in [3.8, 4) is 0 Å². The molecule has 0 rings (SSSR count). The van der Waals surface area contributed by atoms with E-state index in [0.717, 1.165) is 18.7 Å². The van der Waals surface area contributed by atoms with Crippen molar-refractivity contribution >= 4 is 17.0 Å². The summed E-state index contributed by atoms with van der Waals surface area (Å²) in [6.45, 7) is 2.18. The second-order valence-corrected chi connectivity index (χ2v) is 4.22. The van der Waals surface area contributed by atoms with Gasteiger partial charge in [0.15, 0.2) is 0 Å². The summed E-state index contributed by atoms with van der Waals surface area (Å²) in [5, 5.41) is 5.12. The van der Waals surface area contributed by atoms with Crippen molar-refractivity contribution in [3.05, 3.63) is 0 Å². The van der Waals surface area contributed by atoms with E-state index >= 15 is 0 Å². The summed E-state index contributed by atoms with van der Waals surface area (Å²) in [4.78, 5) is 1.87. The predicted octanol–water partition coefficient (Wildman–Crippen LogP) is 1.45. The molecular weight excluding hydrogens is 198 g/mol. The van der Waals surface area contributed by atoms with Crippen molar-refractivity contribution in [2.24, 2.45) is 9.54 Å². The zero-order chi connectivity index (χ0) is 11.0. The SMILES string of the molecule is CCCCCC/C(=N/S(N)=O)N(C)C. The van der Waals surface area contributed by atoms with Crippen molar-refractivity contribution in [3.63, 3.8) is 0 Å². The molecule has 4 nitrogen and oxygen atoms in total. The minimum atomic E-state index is -1.58. The summed E-state index contributed by atoms with van der Waals surface area (Å²) in [6.07, 6.45) is 5.60. The maximum absolute atomic E-state index is 10.7. The lowest BCUT2D eigenvalue weighted by Gasteiger charge is -2.14. The van der Waals surface area contributed by atoms with Crippen molar-refractivity contribution in [1.82, 2.24) is 4.90 Å². The Hall–Kier alpha value is -0.420. The summed E-state index contributed by atoms with van der Waals surface area (Å²) < 4.78 is 14.6. The van der Waals surface area contributed by atoms with Gasteiger partial charge in [-0.15, -0.1) is 0 Å². The number of unbranched alkanes of at least 4 members (excludes halogenated alkanes) is 3. The molecule has 0 aromatic heterocycles. The van der Waals surface area contributed by atoms with Crippen LogP contribution >= 0.6 is 0 Å². The molecule has 0 heterocycles. The third-order valence-electron chi connectivity index (χ3n) is 1.97. The lowest BCUT2D eigenvalue weighted by Crippen LogP contribution is -2.23. The average Bonchev–Trinajstić information content (AvgIpc) is 2.09. The molecule has 84 valence electrons. The largest absolute Gasteiger partial charge is 0.366 e. The van der Waals surface area contributed by atoms with E-state index in [1.807, 2.05) is 19.0 Å². The van der Waals surface area contributed by atoms with Crippen LogP contribution in [0.25, 0.3) is 0 Å². The van der Waals surface area contributed by atoms with Crippen molar-refractivity contribution in [2.45, 2.75) is 39.0 Å². The number of hydrogen-bond acceptors (Lipinski definition) is 1. The number of hydrogen-bond donors (Lipinski definition) is 1. The van der Waals surface area contributed by atoms with E-state index in [0.29, 0.717) is 0 Å². The number of amidine groups is 1. The van der Waals surface area contributed by atoms with Gasteiger partial charge in [-0.2, -0.15) is 4.40 Å². The zero-order valence-electron chi connectivity index (χ0n) is 9.32. The van der Waals surface area contributed by atoms with Crippen LogP contribution in [0.1, 0.15) is 39.0 Å². The minimum Gasteiger partial charge on any atom is -0.366 e. The zero-order valence-corrected chi connectivity index (χ0v) is 10.1. The maximum Gasteiger partial charge on any atom is 0.215 e. The fraction of sp³-hybridized carbons (Fsp3) is 0.889. The van der Waals surface area contributed by atoms with Crippen LogP contribution in [0.4, 0.5) is 0 Å². The number of rotatable bonds is 6. The highest BCUT2D eigenvalue weighted by Gasteiger charge is 2.02. The molecule has 0 aliphatic rings. The first kappa shape index (κ1) is 13.6. The van der Waals surface area contributed by atoms with E-state index in [1.165, 1.54) is 19.3 Å². The highest BCUT2D eigenvalue weighted by Crippen LogP contribution is 2.05. The van der Waals surface area contributed by atoms with Gasteiger partial charge in [0.1, 0.15) is 5.84 Å². The van der Waals surface area contributed by atoms with Gasteiger partial charge in [0.05, 0.1) is 0 Å². The third kappa shape index (κ3) is 7.03. The Morgan fingerprint density at radius 3 is 2.43 bits per heavy atom. The fourth-order valence-electron chi connectivity index (χ4n) is 1.16. The van der Waals surface area contributed by atoms with Crippen molar-refractivity contribution < 1.29 is 4.21 Å². The quantitative estimate of drug-likeness (QED) is 0.417. The molecule has 0 saturated heterocycles. The van der Waals surface area contributed by atoms with E-state index < -0.39 is 11.2 Å². The maximum atomic E-state index is 10.7. The second kappa shape index (κ2) is 7.94. The lowest BCUT2D eigenvalue weighted by atomic mass is 10.1. The predicted molar refractivity (Wildman–Crippen MR) is 62.2 cm³/mol. The Kier molecular flexibility index (Phi) is 7.70. The van der Waals surface area contributed by atoms with E-state index in [4.69, 9.17) is 5.14 Å². The molecule has 0 aromatic rings. The molecule has 14 heavy (non-hydrogen) atoms. The van der Waals surface area contributed by atoms with Crippen molar-refractivity contribution in [1.29, 1.82) is 0 Å². The van der Waals surface area contributed by atoms with Crippen LogP contribution in [0.2, 0.25) is 0 Å². The summed E-state index contributed by atoms with van der Waals surface area (Å²) in [7, 11) is 3.79. The van der Waals surface area contributed by atoms with Gasteiger partial charge in [-0.25, -0.2) is 9.35 Å². The topological polar surface area (TPSA) is 58.7 Å². The smallest absolute Gasteiger partial charge is 0.215 e. The van der Waals surface area contributed by atoms with Crippen LogP contribution in [0, 0.1) is 0 Å². The molecule has 0 spiro atoms. The van der Waals surface area contributed by atoms with Gasteiger partial charge in [-0.05, 0) is 6.42 Å². The molecule has 0 radical (unpaired) electrons. The molecule has 0 aromatic carbocycles. The summed E-state index contributed by atoms with van der Waals surface area (Å²) in [5.41, 5.74) is 0. The van der Waals surface area contributed by atoms with Gasteiger partial charge in [0.25, 0.3) is 0 Å². The van der Waals surface area contributed by atoms with Crippen LogP contribution in [0.15, 0.2) is 4.40 Å². The van der Waals surface area contributed by atoms with Crippen LogP contribution in [0.3, 0.4) is 0 Å². The minimum absolute atomic E-state index is 0.821. The summed E-state index contributed by atoms with van der Waals surface area (Å²) in [6, 6.07) is 0. The normalized spacial score (nSPS) is 14.1. The first-order valence-electron chi connectivity index (χ1n) is 4.99. The Bertz CT molecular complexity index is 204. The van der Waals surface area contributed by atoms with Crippen LogP contribution in [-0.2, 0) is 11.2 Å². The number of nitrogens with zero attached hydrogens (tertiary/aromatic N) is 2. The van der Waals surface area contributed by atoms with Crippen molar-refractivity contribution in [2.75, 3.05) is 14.1 Å². The van der Waals surface area contributed by atoms with Crippen LogP contribution < -0.4 is 5.14 Å². The van der Waals surface area contributed by atoms with Crippen LogP contribution in [-0.4, -0.2) is 29.0 Å². The fourth-order valence-corrected chi connectivity index (χ4v) is 1.63. The van der Waals surface area contributed by atoms with E-state index in [-0.39, 0.29) is 0 Å². The van der Waals surface area contributed by atoms with Gasteiger partial charge in [0.2, 0.25) is 11.2 Å². The molecular formula is C9H21N3OS. The van der Waals surface area contributed by atoms with Crippen LogP contribution in [0.5, 0.6) is 0 Å². The molecule has 1 atom stereocenters. The van der Waals surface area contributed by atoms with Gasteiger partial charge >= 0.3 is 0 Å². The monoisotopic (exact) mass is 219 g/mol. The number of nitrogens with two attached hydrogens (primary N) is 1. The summed E-state index contributed by atoms with van der Waals surface area (Å²) in [5.74, 6) is 0.821. The van der Waals surface area contributed by atoms with Gasteiger partial charge in [-0.1, -0.05) is 26.2 Å². The molecule has 0 aliphatic carbocycles. The first-order valence-corrected chi connectivity index (χ1v) is 6.16. The van der Waals surface area contributed by atoms with Gasteiger partial charge in [-0.3, -0.25) is 0 Å². The van der Waals surface area contributed by atoms with Gasteiger partial charge in [0, 0.05) is 20.5 Å². The molecule has 0 saturated carbocycles. The lowest BCUT2D eigenvalue weighted by molar-refractivity contribution is 0.585. The van der Waals surface area contributed by atoms with Gasteiger partial charge < -0.3 is 4.90 Å². The third-order valence-corrected chi connectivity index (χ3v) is 2.36.